The third-order valence-electron chi connectivity index (χ3n) is 3.06. The van der Waals surface area contributed by atoms with Crippen molar-refractivity contribution < 1.29 is 14.7 Å². The maximum absolute atomic E-state index is 12.5. The normalized spacial score (nSPS) is 10.4. The van der Waals surface area contributed by atoms with E-state index in [4.69, 9.17) is 5.11 Å². The average Bonchev–Trinajstić information content (AvgIpc) is 2.87. The van der Waals surface area contributed by atoms with Gasteiger partial charge in [0.25, 0.3) is 5.91 Å². The Kier molecular flexibility index (Phi) is 4.37. The van der Waals surface area contributed by atoms with Gasteiger partial charge in [0.15, 0.2) is 0 Å². The van der Waals surface area contributed by atoms with E-state index in [0.717, 1.165) is 5.56 Å². The Hall–Kier alpha value is -2.63. The van der Waals surface area contributed by atoms with Gasteiger partial charge < -0.3 is 14.6 Å². The van der Waals surface area contributed by atoms with Gasteiger partial charge in [-0.3, -0.25) is 9.59 Å². The number of hydrogen-bond donors (Lipinski definition) is 1. The largest absolute Gasteiger partial charge is 0.481 e. The molecule has 0 bridgehead atoms. The molecule has 0 saturated carbocycles. The molecular formula is C15H17N3O3. The van der Waals surface area contributed by atoms with Crippen molar-refractivity contribution in [2.45, 2.75) is 13.3 Å². The van der Waals surface area contributed by atoms with Gasteiger partial charge in [0.1, 0.15) is 5.69 Å². The zero-order chi connectivity index (χ0) is 15.4. The van der Waals surface area contributed by atoms with Crippen molar-refractivity contribution >= 4 is 17.6 Å². The van der Waals surface area contributed by atoms with Gasteiger partial charge in [-0.25, -0.2) is 4.98 Å². The molecule has 21 heavy (non-hydrogen) atoms. The van der Waals surface area contributed by atoms with Crippen molar-refractivity contribution in [3.05, 3.63) is 48.0 Å². The van der Waals surface area contributed by atoms with Crippen LogP contribution in [0.5, 0.6) is 0 Å². The Morgan fingerprint density at radius 2 is 1.95 bits per heavy atom. The van der Waals surface area contributed by atoms with Crippen molar-refractivity contribution in [2.24, 2.45) is 7.05 Å². The summed E-state index contributed by atoms with van der Waals surface area (Å²) in [5.74, 6) is -1.25. The fraction of sp³-hybridized carbons (Fsp3) is 0.267. The summed E-state index contributed by atoms with van der Waals surface area (Å²) in [6.45, 7) is 2.06. The zero-order valence-electron chi connectivity index (χ0n) is 12.0. The number of aryl methyl sites for hydroxylation is 2. The lowest BCUT2D eigenvalue weighted by molar-refractivity contribution is -0.136. The first-order valence-electron chi connectivity index (χ1n) is 6.55. The molecule has 0 aliphatic rings. The SMILES string of the molecule is Cc1ccc(N(CCC(=O)O)C(=O)c2cn(C)cn2)cc1. The molecule has 0 unspecified atom stereocenters. The van der Waals surface area contributed by atoms with Crippen LogP contribution in [0.3, 0.4) is 0 Å². The molecule has 0 fully saturated rings. The Morgan fingerprint density at radius 3 is 2.48 bits per heavy atom. The maximum Gasteiger partial charge on any atom is 0.305 e. The monoisotopic (exact) mass is 287 g/mol. The molecule has 1 heterocycles. The fourth-order valence-corrected chi connectivity index (χ4v) is 1.94. The van der Waals surface area contributed by atoms with Crippen LogP contribution in [0.4, 0.5) is 5.69 Å². The van der Waals surface area contributed by atoms with Gasteiger partial charge in [0, 0.05) is 25.5 Å². The fourth-order valence-electron chi connectivity index (χ4n) is 1.94. The number of carboxylic acid groups (broad SMARTS) is 1. The van der Waals surface area contributed by atoms with E-state index in [2.05, 4.69) is 4.98 Å². The summed E-state index contributed by atoms with van der Waals surface area (Å²) in [6.07, 6.45) is 3.04. The third-order valence-corrected chi connectivity index (χ3v) is 3.06. The molecule has 1 aromatic heterocycles. The van der Waals surface area contributed by atoms with Crippen LogP contribution in [-0.4, -0.2) is 33.1 Å². The van der Waals surface area contributed by atoms with Gasteiger partial charge in [0.2, 0.25) is 0 Å². The summed E-state index contributed by atoms with van der Waals surface area (Å²) in [5, 5.41) is 8.85. The highest BCUT2D eigenvalue weighted by molar-refractivity contribution is 6.04. The van der Waals surface area contributed by atoms with Crippen LogP contribution in [-0.2, 0) is 11.8 Å². The lowest BCUT2D eigenvalue weighted by Gasteiger charge is -2.21. The van der Waals surface area contributed by atoms with E-state index < -0.39 is 5.97 Å². The number of aromatic nitrogens is 2. The number of amides is 1. The summed E-state index contributed by atoms with van der Waals surface area (Å²) in [4.78, 5) is 28.8. The lowest BCUT2D eigenvalue weighted by atomic mass is 10.2. The maximum atomic E-state index is 12.5. The molecule has 1 amide bonds. The number of rotatable bonds is 5. The van der Waals surface area contributed by atoms with Gasteiger partial charge >= 0.3 is 5.97 Å². The van der Waals surface area contributed by atoms with E-state index in [-0.39, 0.29) is 18.9 Å². The number of anilines is 1. The predicted molar refractivity (Wildman–Crippen MR) is 78.3 cm³/mol. The molecule has 1 aromatic carbocycles. The van der Waals surface area contributed by atoms with Crippen LogP contribution < -0.4 is 4.90 Å². The molecular weight excluding hydrogens is 270 g/mol. The van der Waals surface area contributed by atoms with Crippen molar-refractivity contribution in [3.8, 4) is 0 Å². The number of carboxylic acids is 1. The standard InChI is InChI=1S/C15H17N3O3/c1-11-3-5-12(6-4-11)18(8-7-14(19)20)15(21)13-9-17(2)10-16-13/h3-6,9-10H,7-8H2,1-2H3,(H,19,20). The van der Waals surface area contributed by atoms with Crippen molar-refractivity contribution in [3.63, 3.8) is 0 Å². The van der Waals surface area contributed by atoms with Gasteiger partial charge in [0.05, 0.1) is 12.7 Å². The quantitative estimate of drug-likeness (QED) is 0.910. The Bertz CT molecular complexity index is 646. The van der Waals surface area contributed by atoms with E-state index in [1.165, 1.54) is 11.2 Å². The first kappa shape index (κ1) is 14.8. The highest BCUT2D eigenvalue weighted by atomic mass is 16.4. The van der Waals surface area contributed by atoms with Crippen LogP contribution in [0.15, 0.2) is 36.8 Å². The van der Waals surface area contributed by atoms with Crippen LogP contribution in [0.1, 0.15) is 22.5 Å². The molecule has 0 atom stereocenters. The Morgan fingerprint density at radius 1 is 1.29 bits per heavy atom. The Labute approximate surface area is 122 Å². The molecule has 2 aromatic rings. The van der Waals surface area contributed by atoms with Crippen molar-refractivity contribution in [2.75, 3.05) is 11.4 Å². The molecule has 0 radical (unpaired) electrons. The van der Waals surface area contributed by atoms with E-state index in [0.29, 0.717) is 11.4 Å². The molecule has 0 spiro atoms. The molecule has 6 nitrogen and oxygen atoms in total. The zero-order valence-corrected chi connectivity index (χ0v) is 12.0. The van der Waals surface area contributed by atoms with E-state index in [1.807, 2.05) is 19.1 Å². The van der Waals surface area contributed by atoms with Gasteiger partial charge in [-0.1, -0.05) is 17.7 Å². The van der Waals surface area contributed by atoms with Gasteiger partial charge in [-0.15, -0.1) is 0 Å². The average molecular weight is 287 g/mol. The highest BCUT2D eigenvalue weighted by Crippen LogP contribution is 2.18. The minimum atomic E-state index is -0.944. The smallest absolute Gasteiger partial charge is 0.305 e. The number of carbonyl (C=O) groups is 2. The molecule has 6 heteroatoms. The summed E-state index contributed by atoms with van der Waals surface area (Å²) in [5.41, 5.74) is 2.03. The number of carbonyl (C=O) groups excluding carboxylic acids is 1. The number of nitrogens with zero attached hydrogens (tertiary/aromatic N) is 3. The van der Waals surface area contributed by atoms with E-state index in [1.54, 1.807) is 29.9 Å². The minimum absolute atomic E-state index is 0.105. The molecule has 2 rings (SSSR count). The first-order valence-corrected chi connectivity index (χ1v) is 6.55. The summed E-state index contributed by atoms with van der Waals surface area (Å²) in [7, 11) is 1.78. The topological polar surface area (TPSA) is 75.4 Å². The molecule has 0 saturated heterocycles. The van der Waals surface area contributed by atoms with Crippen LogP contribution >= 0.6 is 0 Å². The molecule has 0 aliphatic heterocycles. The third kappa shape index (κ3) is 3.68. The number of hydrogen-bond acceptors (Lipinski definition) is 3. The Balaban J connectivity index is 2.28. The second kappa shape index (κ2) is 6.21. The lowest BCUT2D eigenvalue weighted by Crippen LogP contribution is -2.33. The van der Waals surface area contributed by atoms with E-state index >= 15 is 0 Å². The second-order valence-corrected chi connectivity index (χ2v) is 4.86. The molecule has 1 N–H and O–H groups in total. The number of benzene rings is 1. The van der Waals surface area contributed by atoms with Gasteiger partial charge in [-0.2, -0.15) is 0 Å². The highest BCUT2D eigenvalue weighted by Gasteiger charge is 2.20. The summed E-state index contributed by atoms with van der Waals surface area (Å²) in [6, 6.07) is 7.37. The molecule has 0 aliphatic carbocycles. The summed E-state index contributed by atoms with van der Waals surface area (Å²) < 4.78 is 1.68. The van der Waals surface area contributed by atoms with Crippen molar-refractivity contribution in [1.29, 1.82) is 0 Å². The van der Waals surface area contributed by atoms with Crippen LogP contribution in [0, 0.1) is 6.92 Å². The minimum Gasteiger partial charge on any atom is -0.481 e. The van der Waals surface area contributed by atoms with E-state index in [9.17, 15) is 9.59 Å². The van der Waals surface area contributed by atoms with Crippen molar-refractivity contribution in [1.82, 2.24) is 9.55 Å². The van der Waals surface area contributed by atoms with Crippen LogP contribution in [0.25, 0.3) is 0 Å². The summed E-state index contributed by atoms with van der Waals surface area (Å²) >= 11 is 0. The number of aliphatic carboxylic acids is 1. The number of imidazole rings is 1. The second-order valence-electron chi connectivity index (χ2n) is 4.86. The first-order chi connectivity index (χ1) is 9.97. The molecule has 110 valence electrons. The van der Waals surface area contributed by atoms with Gasteiger partial charge in [-0.05, 0) is 19.1 Å². The predicted octanol–water partition coefficient (Wildman–Crippen LogP) is 1.85. The van der Waals surface area contributed by atoms with Crippen LogP contribution in [0.2, 0.25) is 0 Å².